The quantitative estimate of drug-likeness (QED) is 0.536. The highest BCUT2D eigenvalue weighted by atomic mass is 15.2. The second-order valence-electron chi connectivity index (χ2n) is 6.25. The topological polar surface area (TPSA) is 83.8 Å². The molecule has 0 amide bonds. The zero-order valence-electron chi connectivity index (χ0n) is 14.4. The van der Waals surface area contributed by atoms with Crippen LogP contribution in [-0.2, 0) is 6.54 Å². The molecule has 0 aliphatic rings. The minimum Gasteiger partial charge on any atom is -0.353 e. The molecule has 1 aromatic carbocycles. The van der Waals surface area contributed by atoms with E-state index in [-0.39, 0.29) is 0 Å². The maximum absolute atomic E-state index is 9.52. The van der Waals surface area contributed by atoms with Crippen LogP contribution in [0, 0.1) is 11.3 Å². The number of hydrogen-bond donors (Lipinski definition) is 1. The summed E-state index contributed by atoms with van der Waals surface area (Å²) in [4.78, 5) is 13.7. The number of imidazole rings is 1. The first kappa shape index (κ1) is 15.3. The lowest BCUT2D eigenvalue weighted by molar-refractivity contribution is 0.729. The number of anilines is 1. The molecule has 0 radical (unpaired) electrons. The Labute approximate surface area is 154 Å². The number of hydrogen-bond acceptors (Lipinski definition) is 5. The molecule has 4 aromatic heterocycles. The van der Waals surface area contributed by atoms with Crippen molar-refractivity contribution in [1.29, 1.82) is 5.26 Å². The van der Waals surface area contributed by atoms with E-state index in [4.69, 9.17) is 4.98 Å². The van der Waals surface area contributed by atoms with Gasteiger partial charge in [0.05, 0.1) is 16.6 Å². The molecule has 4 heterocycles. The third kappa shape index (κ3) is 2.55. The van der Waals surface area contributed by atoms with Gasteiger partial charge in [-0.15, -0.1) is 0 Å². The Morgan fingerprint density at radius 3 is 2.74 bits per heavy atom. The van der Waals surface area contributed by atoms with Gasteiger partial charge in [-0.3, -0.25) is 4.40 Å². The van der Waals surface area contributed by atoms with Crippen LogP contribution in [0.2, 0.25) is 0 Å². The number of benzene rings is 1. The van der Waals surface area contributed by atoms with Crippen molar-refractivity contribution >= 4 is 33.7 Å². The van der Waals surface area contributed by atoms with Gasteiger partial charge < -0.3 is 9.88 Å². The van der Waals surface area contributed by atoms with Gasteiger partial charge >= 0.3 is 0 Å². The molecule has 0 fully saturated rings. The number of nitriles is 1. The molecule has 0 unspecified atom stereocenters. The summed E-state index contributed by atoms with van der Waals surface area (Å²) in [5.41, 5.74) is 3.61. The summed E-state index contributed by atoms with van der Waals surface area (Å²) in [5, 5.41) is 13.6. The van der Waals surface area contributed by atoms with E-state index in [9.17, 15) is 5.26 Å². The lowest BCUT2D eigenvalue weighted by atomic mass is 10.2. The summed E-state index contributed by atoms with van der Waals surface area (Å²) in [6, 6.07) is 15.8. The van der Waals surface area contributed by atoms with E-state index >= 15 is 0 Å². The molecule has 27 heavy (non-hydrogen) atoms. The van der Waals surface area contributed by atoms with Crippen LogP contribution >= 0.6 is 0 Å². The molecular formula is C20H15N7. The SMILES string of the molecule is N#Cc1cc2cnc(NCCn3cccc3)nc2n2c1nc1ccccc12. The molecule has 0 saturated carbocycles. The van der Waals surface area contributed by atoms with Crippen molar-refractivity contribution < 1.29 is 0 Å². The molecule has 5 aromatic rings. The van der Waals surface area contributed by atoms with Gasteiger partial charge in [0, 0.05) is 37.1 Å². The van der Waals surface area contributed by atoms with Gasteiger partial charge in [-0.2, -0.15) is 10.2 Å². The standard InChI is InChI=1S/C20H15N7/c21-12-14-11-15-13-23-20(22-7-10-26-8-3-4-9-26)25-19(15)27-17-6-2-1-5-16(17)24-18(14)27/h1-6,8-9,11,13H,7,10H2,(H,22,23,25). The fourth-order valence-electron chi connectivity index (χ4n) is 3.29. The summed E-state index contributed by atoms with van der Waals surface area (Å²) in [6.07, 6.45) is 5.79. The Kier molecular flexibility index (Phi) is 3.47. The second kappa shape index (κ2) is 6.11. The molecular weight excluding hydrogens is 338 g/mol. The van der Waals surface area contributed by atoms with Crippen LogP contribution in [0.5, 0.6) is 0 Å². The highest BCUT2D eigenvalue weighted by Gasteiger charge is 2.14. The normalized spacial score (nSPS) is 11.2. The van der Waals surface area contributed by atoms with Crippen molar-refractivity contribution in [2.24, 2.45) is 0 Å². The van der Waals surface area contributed by atoms with E-state index < -0.39 is 0 Å². The number of aromatic nitrogens is 5. The maximum Gasteiger partial charge on any atom is 0.224 e. The van der Waals surface area contributed by atoms with Gasteiger partial charge in [0.2, 0.25) is 5.95 Å². The second-order valence-corrected chi connectivity index (χ2v) is 6.25. The van der Waals surface area contributed by atoms with Crippen LogP contribution in [0.4, 0.5) is 5.95 Å². The number of nitrogens with one attached hydrogen (secondary N) is 1. The summed E-state index contributed by atoms with van der Waals surface area (Å²) in [6.45, 7) is 1.54. The summed E-state index contributed by atoms with van der Waals surface area (Å²) in [5.74, 6) is 0.554. The van der Waals surface area contributed by atoms with Crippen molar-refractivity contribution in [1.82, 2.24) is 23.9 Å². The Morgan fingerprint density at radius 2 is 1.89 bits per heavy atom. The van der Waals surface area contributed by atoms with Crippen molar-refractivity contribution in [3.63, 3.8) is 0 Å². The van der Waals surface area contributed by atoms with Crippen LogP contribution in [0.1, 0.15) is 5.56 Å². The van der Waals surface area contributed by atoms with E-state index in [1.165, 1.54) is 0 Å². The van der Waals surface area contributed by atoms with Crippen molar-refractivity contribution in [2.45, 2.75) is 6.54 Å². The van der Waals surface area contributed by atoms with Crippen molar-refractivity contribution in [3.05, 3.63) is 66.6 Å². The number of nitrogens with zero attached hydrogens (tertiary/aromatic N) is 6. The van der Waals surface area contributed by atoms with Gasteiger partial charge in [0.15, 0.2) is 11.3 Å². The van der Waals surface area contributed by atoms with Crippen LogP contribution < -0.4 is 5.32 Å². The number of pyridine rings is 1. The smallest absolute Gasteiger partial charge is 0.224 e. The first-order chi connectivity index (χ1) is 13.3. The average Bonchev–Trinajstić information content (AvgIpc) is 3.35. The Balaban J connectivity index is 1.62. The number of para-hydroxylation sites is 2. The summed E-state index contributed by atoms with van der Waals surface area (Å²) < 4.78 is 4.02. The lowest BCUT2D eigenvalue weighted by Crippen LogP contribution is -2.11. The van der Waals surface area contributed by atoms with E-state index in [0.717, 1.165) is 28.6 Å². The first-order valence-corrected chi connectivity index (χ1v) is 8.65. The van der Waals surface area contributed by atoms with E-state index in [2.05, 4.69) is 25.9 Å². The highest BCUT2D eigenvalue weighted by Crippen LogP contribution is 2.25. The molecule has 130 valence electrons. The van der Waals surface area contributed by atoms with Gasteiger partial charge in [0.25, 0.3) is 0 Å². The summed E-state index contributed by atoms with van der Waals surface area (Å²) >= 11 is 0. The van der Waals surface area contributed by atoms with Gasteiger partial charge in [-0.1, -0.05) is 12.1 Å². The third-order valence-corrected chi connectivity index (χ3v) is 4.55. The van der Waals surface area contributed by atoms with Gasteiger partial charge in [0.1, 0.15) is 6.07 Å². The van der Waals surface area contributed by atoms with Crippen LogP contribution in [0.25, 0.3) is 27.7 Å². The molecule has 1 N–H and O–H groups in total. The Morgan fingerprint density at radius 1 is 1.04 bits per heavy atom. The molecule has 0 aliphatic heterocycles. The van der Waals surface area contributed by atoms with E-state index in [1.807, 2.05) is 53.2 Å². The maximum atomic E-state index is 9.52. The molecule has 5 rings (SSSR count). The predicted octanol–water partition coefficient (Wildman–Crippen LogP) is 3.22. The highest BCUT2D eigenvalue weighted by molar-refractivity contribution is 5.91. The number of rotatable bonds is 4. The molecule has 0 atom stereocenters. The molecule has 0 spiro atoms. The largest absolute Gasteiger partial charge is 0.353 e. The Bertz CT molecular complexity index is 1310. The van der Waals surface area contributed by atoms with Gasteiger partial charge in [-0.25, -0.2) is 9.97 Å². The average molecular weight is 353 g/mol. The third-order valence-electron chi connectivity index (χ3n) is 4.55. The van der Waals surface area contributed by atoms with Crippen LogP contribution in [0.15, 0.2) is 61.1 Å². The van der Waals surface area contributed by atoms with Gasteiger partial charge in [-0.05, 0) is 30.3 Å². The molecule has 0 saturated heterocycles. The molecule has 7 heteroatoms. The van der Waals surface area contributed by atoms with Crippen LogP contribution in [-0.4, -0.2) is 30.5 Å². The van der Waals surface area contributed by atoms with Crippen LogP contribution in [0.3, 0.4) is 0 Å². The zero-order chi connectivity index (χ0) is 18.2. The predicted molar refractivity (Wildman–Crippen MR) is 103 cm³/mol. The molecule has 0 aliphatic carbocycles. The fourth-order valence-corrected chi connectivity index (χ4v) is 3.29. The van der Waals surface area contributed by atoms with Crippen molar-refractivity contribution in [3.8, 4) is 6.07 Å². The minimum atomic E-state index is 0.510. The first-order valence-electron chi connectivity index (χ1n) is 8.65. The fraction of sp³-hybridized carbons (Fsp3) is 0.100. The zero-order valence-corrected chi connectivity index (χ0v) is 14.4. The monoisotopic (exact) mass is 353 g/mol. The molecule has 7 nitrogen and oxygen atoms in total. The Hall–Kier alpha value is -3.92. The number of fused-ring (bicyclic) bond motifs is 5. The van der Waals surface area contributed by atoms with E-state index in [0.29, 0.717) is 23.7 Å². The molecule has 0 bridgehead atoms. The summed E-state index contributed by atoms with van der Waals surface area (Å²) in [7, 11) is 0. The van der Waals surface area contributed by atoms with E-state index in [1.54, 1.807) is 12.3 Å². The van der Waals surface area contributed by atoms with Crippen molar-refractivity contribution in [2.75, 3.05) is 11.9 Å². The lowest BCUT2D eigenvalue weighted by Gasteiger charge is -2.08. The minimum absolute atomic E-state index is 0.510.